The molecular weight excluding hydrogens is 374 g/mol. The van der Waals surface area contributed by atoms with Gasteiger partial charge in [-0.2, -0.15) is 0 Å². The molecule has 7 heteroatoms. The van der Waals surface area contributed by atoms with E-state index in [-0.39, 0.29) is 11.6 Å². The van der Waals surface area contributed by atoms with E-state index < -0.39 is 20.1 Å². The molecule has 4 rings (SSSR count). The Morgan fingerprint density at radius 3 is 2.54 bits per heavy atom. The van der Waals surface area contributed by atoms with Crippen LogP contribution in [-0.4, -0.2) is 24.8 Å². The summed E-state index contributed by atoms with van der Waals surface area (Å²) in [4.78, 5) is 0. The SMILES string of the molecule is Cc1ccc2c(c1)Nc1cc([C@]3(C)CS(=O)(=O)C(C)(C)C(=N)N3)ccc1CO2. The van der Waals surface area contributed by atoms with Crippen molar-refractivity contribution in [3.63, 3.8) is 0 Å². The number of anilines is 2. The van der Waals surface area contributed by atoms with E-state index in [1.165, 1.54) is 0 Å². The predicted molar refractivity (Wildman–Crippen MR) is 111 cm³/mol. The maximum absolute atomic E-state index is 12.8. The lowest BCUT2D eigenvalue weighted by Gasteiger charge is -2.43. The van der Waals surface area contributed by atoms with Crippen LogP contribution in [0.1, 0.15) is 37.5 Å². The lowest BCUT2D eigenvalue weighted by molar-refractivity contribution is 0.310. The summed E-state index contributed by atoms with van der Waals surface area (Å²) < 4.78 is 30.4. The summed E-state index contributed by atoms with van der Waals surface area (Å²) in [6.45, 7) is 7.44. The third-order valence-corrected chi connectivity index (χ3v) is 8.51. The molecule has 0 bridgehead atoms. The average Bonchev–Trinajstić information content (AvgIpc) is 2.77. The number of amidine groups is 1. The highest BCUT2D eigenvalue weighted by atomic mass is 32.2. The van der Waals surface area contributed by atoms with Gasteiger partial charge in [-0.25, -0.2) is 8.42 Å². The van der Waals surface area contributed by atoms with E-state index in [0.29, 0.717) is 6.61 Å². The van der Waals surface area contributed by atoms with Crippen LogP contribution in [0, 0.1) is 12.3 Å². The molecule has 0 saturated carbocycles. The van der Waals surface area contributed by atoms with Gasteiger partial charge in [0.1, 0.15) is 22.9 Å². The molecule has 0 aliphatic carbocycles. The molecule has 0 spiro atoms. The van der Waals surface area contributed by atoms with Crippen LogP contribution in [0.4, 0.5) is 11.4 Å². The van der Waals surface area contributed by atoms with Crippen molar-refractivity contribution in [1.29, 1.82) is 5.41 Å². The van der Waals surface area contributed by atoms with Gasteiger partial charge in [-0.3, -0.25) is 5.41 Å². The van der Waals surface area contributed by atoms with Gasteiger partial charge < -0.3 is 15.4 Å². The van der Waals surface area contributed by atoms with Crippen molar-refractivity contribution in [3.05, 3.63) is 53.1 Å². The van der Waals surface area contributed by atoms with Gasteiger partial charge in [-0.15, -0.1) is 0 Å². The van der Waals surface area contributed by atoms with E-state index in [2.05, 4.69) is 10.6 Å². The molecule has 1 fully saturated rings. The average molecular weight is 400 g/mol. The minimum absolute atomic E-state index is 0.0217. The van der Waals surface area contributed by atoms with Crippen molar-refractivity contribution in [2.75, 3.05) is 11.1 Å². The summed E-state index contributed by atoms with van der Waals surface area (Å²) in [7, 11) is -3.48. The highest BCUT2D eigenvalue weighted by Crippen LogP contribution is 2.39. The minimum Gasteiger partial charge on any atom is -0.487 e. The fourth-order valence-electron chi connectivity index (χ4n) is 3.66. The van der Waals surface area contributed by atoms with Gasteiger partial charge >= 0.3 is 0 Å². The number of fused-ring (bicyclic) bond motifs is 2. The first kappa shape index (κ1) is 18.8. The van der Waals surface area contributed by atoms with Crippen LogP contribution in [0.15, 0.2) is 36.4 Å². The molecule has 1 saturated heterocycles. The zero-order valence-corrected chi connectivity index (χ0v) is 17.3. The standard InChI is InChI=1S/C21H25N3O3S/c1-13-5-8-18-17(9-13)23-16-10-15(7-6-14(16)11-27-18)21(4)12-28(25,26)20(2,3)19(22)24-21/h5-10,23H,11-12H2,1-4H3,(H2,22,24)/t21-/m0/s1. The molecule has 2 aliphatic rings. The van der Waals surface area contributed by atoms with Crippen LogP contribution in [0.2, 0.25) is 0 Å². The van der Waals surface area contributed by atoms with Gasteiger partial charge in [0, 0.05) is 11.3 Å². The normalized spacial score (nSPS) is 24.6. The molecule has 1 atom stereocenters. The fraction of sp³-hybridized carbons (Fsp3) is 0.381. The molecule has 2 aromatic rings. The number of aryl methyl sites for hydroxylation is 1. The van der Waals surface area contributed by atoms with E-state index in [0.717, 1.165) is 33.8 Å². The second kappa shape index (κ2) is 5.98. The lowest BCUT2D eigenvalue weighted by Crippen LogP contribution is -2.63. The molecule has 28 heavy (non-hydrogen) atoms. The van der Waals surface area contributed by atoms with Crippen molar-refractivity contribution in [3.8, 4) is 5.75 Å². The Hall–Kier alpha value is -2.54. The van der Waals surface area contributed by atoms with E-state index in [1.807, 2.05) is 50.2 Å². The maximum Gasteiger partial charge on any atom is 0.165 e. The first-order valence-electron chi connectivity index (χ1n) is 9.25. The Morgan fingerprint density at radius 1 is 1.07 bits per heavy atom. The Labute approximate surface area is 165 Å². The summed E-state index contributed by atoms with van der Waals surface area (Å²) in [5.41, 5.74) is 3.84. The van der Waals surface area contributed by atoms with Crippen molar-refractivity contribution in [1.82, 2.24) is 5.32 Å². The Kier molecular flexibility index (Phi) is 4.01. The predicted octanol–water partition coefficient (Wildman–Crippen LogP) is 3.62. The second-order valence-electron chi connectivity index (χ2n) is 8.39. The second-order valence-corrected chi connectivity index (χ2v) is 10.9. The first-order valence-corrected chi connectivity index (χ1v) is 10.9. The van der Waals surface area contributed by atoms with E-state index in [1.54, 1.807) is 13.8 Å². The molecular formula is C21H25N3O3S. The van der Waals surface area contributed by atoms with E-state index in [4.69, 9.17) is 10.1 Å². The van der Waals surface area contributed by atoms with Gasteiger partial charge in [-0.1, -0.05) is 18.2 Å². The zero-order chi connectivity index (χ0) is 20.3. The molecule has 2 aliphatic heterocycles. The highest BCUT2D eigenvalue weighted by Gasteiger charge is 2.50. The number of sulfone groups is 1. The summed E-state index contributed by atoms with van der Waals surface area (Å²) in [6.07, 6.45) is 0. The van der Waals surface area contributed by atoms with Crippen molar-refractivity contribution < 1.29 is 13.2 Å². The van der Waals surface area contributed by atoms with E-state index in [9.17, 15) is 8.42 Å². The topological polar surface area (TPSA) is 91.3 Å². The van der Waals surface area contributed by atoms with Crippen LogP contribution < -0.4 is 15.4 Å². The van der Waals surface area contributed by atoms with Crippen molar-refractivity contribution >= 4 is 27.0 Å². The number of ether oxygens (including phenoxy) is 1. The Morgan fingerprint density at radius 2 is 1.82 bits per heavy atom. The number of benzene rings is 2. The smallest absolute Gasteiger partial charge is 0.165 e. The highest BCUT2D eigenvalue weighted by molar-refractivity contribution is 7.93. The third-order valence-electron chi connectivity index (χ3n) is 5.79. The summed E-state index contributed by atoms with van der Waals surface area (Å²) in [6, 6.07) is 11.8. The van der Waals surface area contributed by atoms with Crippen molar-refractivity contribution in [2.24, 2.45) is 0 Å². The first-order chi connectivity index (χ1) is 13.0. The molecule has 3 N–H and O–H groups in total. The molecule has 0 unspecified atom stereocenters. The molecule has 2 aromatic carbocycles. The monoisotopic (exact) mass is 399 g/mol. The summed E-state index contributed by atoms with van der Waals surface area (Å²) >= 11 is 0. The molecule has 0 amide bonds. The van der Waals surface area contributed by atoms with Gasteiger partial charge in [-0.05, 0) is 57.0 Å². The van der Waals surface area contributed by atoms with Gasteiger partial charge in [0.15, 0.2) is 9.84 Å². The van der Waals surface area contributed by atoms with Crippen LogP contribution in [0.25, 0.3) is 0 Å². The van der Waals surface area contributed by atoms with Gasteiger partial charge in [0.2, 0.25) is 0 Å². The largest absolute Gasteiger partial charge is 0.487 e. The van der Waals surface area contributed by atoms with Crippen LogP contribution in [0.5, 0.6) is 5.75 Å². The fourth-order valence-corrected chi connectivity index (χ4v) is 5.39. The Balaban J connectivity index is 1.75. The van der Waals surface area contributed by atoms with Gasteiger partial charge in [0.05, 0.1) is 17.0 Å². The summed E-state index contributed by atoms with van der Waals surface area (Å²) in [5, 5.41) is 14.9. The molecule has 2 heterocycles. The summed E-state index contributed by atoms with van der Waals surface area (Å²) in [5.74, 6) is 0.741. The quantitative estimate of drug-likeness (QED) is 0.681. The molecule has 0 radical (unpaired) electrons. The van der Waals surface area contributed by atoms with Crippen LogP contribution in [0.3, 0.4) is 0 Å². The molecule has 6 nitrogen and oxygen atoms in total. The minimum atomic E-state index is -3.48. The number of hydrogen-bond donors (Lipinski definition) is 3. The third kappa shape index (κ3) is 2.85. The van der Waals surface area contributed by atoms with Crippen LogP contribution in [-0.2, 0) is 22.0 Å². The van der Waals surface area contributed by atoms with Gasteiger partial charge in [0.25, 0.3) is 0 Å². The number of hydrogen-bond acceptors (Lipinski definition) is 5. The zero-order valence-electron chi connectivity index (χ0n) is 16.5. The maximum atomic E-state index is 12.8. The number of rotatable bonds is 1. The van der Waals surface area contributed by atoms with Crippen LogP contribution >= 0.6 is 0 Å². The molecule has 148 valence electrons. The molecule has 0 aromatic heterocycles. The van der Waals surface area contributed by atoms with E-state index >= 15 is 0 Å². The number of nitrogens with one attached hydrogen (secondary N) is 3. The lowest BCUT2D eigenvalue weighted by atomic mass is 9.91. The Bertz CT molecular complexity index is 1090. The van der Waals surface area contributed by atoms with Crippen molar-refractivity contribution in [2.45, 2.75) is 44.6 Å².